The van der Waals surface area contributed by atoms with Crippen molar-refractivity contribution in [3.8, 4) is 0 Å². The third kappa shape index (κ3) is 40.7. The summed E-state index contributed by atoms with van der Waals surface area (Å²) < 4.78 is 52.7. The molecule has 16 heteroatoms. The highest BCUT2D eigenvalue weighted by atomic mass is 28.5. The molecule has 0 bridgehead atoms. The average molecular weight is 1190 g/mol. The van der Waals surface area contributed by atoms with Gasteiger partial charge < -0.3 is 35.4 Å². The third-order valence-corrected chi connectivity index (χ3v) is 34.0. The van der Waals surface area contributed by atoms with E-state index in [2.05, 4.69) is 134 Å². The van der Waals surface area contributed by atoms with Gasteiger partial charge in [-0.05, 0) is 232 Å². The van der Waals surface area contributed by atoms with Gasteiger partial charge in [-0.1, -0.05) is 100.0 Å². The zero-order chi connectivity index (χ0) is 60.0. The van der Waals surface area contributed by atoms with E-state index in [0.29, 0.717) is 126 Å². The van der Waals surface area contributed by atoms with E-state index in [9.17, 15) is 19.2 Å². The number of allylic oxidation sites excluding steroid dienone is 8. The van der Waals surface area contributed by atoms with Gasteiger partial charge in [0.15, 0.2) is 0 Å². The molecule has 4 unspecified atom stereocenters. The maximum atomic E-state index is 13.0. The van der Waals surface area contributed by atoms with Crippen molar-refractivity contribution in [2.75, 3.05) is 26.4 Å². The molecule has 0 saturated carbocycles. The Morgan fingerprint density at radius 1 is 0.325 bits per heavy atom. The van der Waals surface area contributed by atoms with Crippen molar-refractivity contribution in [2.45, 2.75) is 288 Å². The maximum Gasteiger partial charge on any atom is 0.317 e. The van der Waals surface area contributed by atoms with Crippen LogP contribution in [0.3, 0.4) is 0 Å². The van der Waals surface area contributed by atoms with E-state index >= 15 is 0 Å². The van der Waals surface area contributed by atoms with Crippen molar-refractivity contribution in [1.82, 2.24) is 0 Å². The lowest BCUT2D eigenvalue weighted by atomic mass is 10.0. The van der Waals surface area contributed by atoms with Crippen molar-refractivity contribution < 1.29 is 54.6 Å². The second-order valence-electron chi connectivity index (χ2n) is 25.7. The minimum atomic E-state index is -3.04. The van der Waals surface area contributed by atoms with Crippen LogP contribution in [0.25, 0.3) is 0 Å². The van der Waals surface area contributed by atoms with Gasteiger partial charge in [-0.15, -0.1) is 0 Å². The fourth-order valence-corrected chi connectivity index (χ4v) is 33.8. The molecule has 0 N–H and O–H groups in total. The zero-order valence-corrected chi connectivity index (χ0v) is 58.1. The van der Waals surface area contributed by atoms with Gasteiger partial charge >= 0.3 is 58.1 Å². The van der Waals surface area contributed by atoms with Crippen LogP contribution in [0, 0.1) is 23.7 Å². The number of hydrogen-bond donors (Lipinski definition) is 0. The van der Waals surface area contributed by atoms with Gasteiger partial charge in [0.2, 0.25) is 0 Å². The Kier molecular flexibility index (Phi) is 40.0. The second kappa shape index (κ2) is 42.4. The molecule has 80 heavy (non-hydrogen) atoms. The summed E-state index contributed by atoms with van der Waals surface area (Å²) in [5, 5.41) is 0. The fourth-order valence-electron chi connectivity index (χ4n) is 10.2. The first kappa shape index (κ1) is 75.6. The molecule has 0 aromatic heterocycles. The molecule has 0 spiro atoms. The highest BCUT2D eigenvalue weighted by Gasteiger charge is 2.56. The Morgan fingerprint density at radius 3 is 0.688 bits per heavy atom. The predicted molar refractivity (Wildman–Crippen MR) is 339 cm³/mol. The lowest BCUT2D eigenvalue weighted by molar-refractivity contribution is -0.145. The molecule has 1 saturated heterocycles. The SMILES string of the molecule is CC(C)=CCCC(C)CCOC(=O)CCCC[Si]1(C)O[Si](C)(CCCCC(=O)OCCC(C)CCC=C(C)C)O[Si](C)(CCCCC(=O)OCCC(C)CCC=C(C)C)O[Si](C)(CCCCC(=O)OCCC(C)CCC=C(C)C)O1. The van der Waals surface area contributed by atoms with E-state index < -0.39 is 34.2 Å². The van der Waals surface area contributed by atoms with E-state index in [1.165, 1.54) is 22.3 Å². The molecular weight excluding hydrogens is 1070 g/mol. The first-order valence-electron chi connectivity index (χ1n) is 31.6. The summed E-state index contributed by atoms with van der Waals surface area (Å²) in [6.07, 6.45) is 27.7. The highest BCUT2D eigenvalue weighted by Crippen LogP contribution is 2.40. The summed E-state index contributed by atoms with van der Waals surface area (Å²) in [6, 6.07) is 2.64. The van der Waals surface area contributed by atoms with Crippen molar-refractivity contribution >= 4 is 58.1 Å². The van der Waals surface area contributed by atoms with Crippen LogP contribution in [0.15, 0.2) is 46.6 Å². The largest absolute Gasteiger partial charge is 0.466 e. The quantitative estimate of drug-likeness (QED) is 0.0188. The van der Waals surface area contributed by atoms with Crippen LogP contribution in [0.2, 0.25) is 50.4 Å². The summed E-state index contributed by atoms with van der Waals surface area (Å²) in [5.74, 6) is 1.22. The second-order valence-corrected chi connectivity index (χ2v) is 40.0. The van der Waals surface area contributed by atoms with Gasteiger partial charge in [0.05, 0.1) is 26.4 Å². The molecule has 464 valence electrons. The van der Waals surface area contributed by atoms with Gasteiger partial charge in [0.25, 0.3) is 0 Å². The van der Waals surface area contributed by atoms with E-state index in [1.807, 2.05) is 0 Å². The van der Waals surface area contributed by atoms with Gasteiger partial charge in [-0.2, -0.15) is 0 Å². The number of hydrogen-bond acceptors (Lipinski definition) is 12. The maximum absolute atomic E-state index is 13.0. The predicted octanol–water partition coefficient (Wildman–Crippen LogP) is 18.3. The molecule has 1 aliphatic heterocycles. The van der Waals surface area contributed by atoms with Gasteiger partial charge in [0.1, 0.15) is 0 Å². The monoisotopic (exact) mass is 1190 g/mol. The van der Waals surface area contributed by atoms with Crippen LogP contribution >= 0.6 is 0 Å². The number of carbonyl (C=O) groups excluding carboxylic acids is 4. The topological polar surface area (TPSA) is 142 Å². The summed E-state index contributed by atoms with van der Waals surface area (Å²) in [4.78, 5) is 51.9. The molecule has 4 atom stereocenters. The van der Waals surface area contributed by atoms with Crippen LogP contribution < -0.4 is 0 Å². The van der Waals surface area contributed by atoms with Crippen LogP contribution in [-0.2, 0) is 54.6 Å². The molecule has 1 rings (SSSR count). The van der Waals surface area contributed by atoms with Crippen LogP contribution in [-0.4, -0.2) is 84.5 Å². The van der Waals surface area contributed by atoms with E-state index in [0.717, 1.165) is 103 Å². The molecule has 1 aliphatic rings. The van der Waals surface area contributed by atoms with Crippen molar-refractivity contribution in [1.29, 1.82) is 0 Å². The van der Waals surface area contributed by atoms with E-state index in [4.69, 9.17) is 35.4 Å². The van der Waals surface area contributed by atoms with Crippen LogP contribution in [0.1, 0.15) is 237 Å². The van der Waals surface area contributed by atoms with Crippen molar-refractivity contribution in [3.63, 3.8) is 0 Å². The minimum absolute atomic E-state index is 0.173. The summed E-state index contributed by atoms with van der Waals surface area (Å²) in [6.45, 7) is 36.1. The van der Waals surface area contributed by atoms with Crippen molar-refractivity contribution in [3.05, 3.63) is 46.6 Å². The molecule has 0 aromatic rings. The summed E-state index contributed by atoms with van der Waals surface area (Å²) in [7, 11) is -12.2. The number of ether oxygens (including phenoxy) is 4. The first-order chi connectivity index (χ1) is 37.6. The van der Waals surface area contributed by atoms with Crippen molar-refractivity contribution in [2.24, 2.45) is 23.7 Å². The van der Waals surface area contributed by atoms with Crippen LogP contribution in [0.5, 0.6) is 0 Å². The molecule has 0 aromatic carbocycles. The molecule has 1 fully saturated rings. The Balaban J connectivity index is 3.27. The Bertz CT molecular complexity index is 1590. The summed E-state index contributed by atoms with van der Waals surface area (Å²) in [5.41, 5.74) is 5.30. The molecular formula is C64H120O12Si4. The summed E-state index contributed by atoms with van der Waals surface area (Å²) >= 11 is 0. The zero-order valence-electron chi connectivity index (χ0n) is 54.1. The molecule has 12 nitrogen and oxygen atoms in total. The number of unbranched alkanes of at least 4 members (excludes halogenated alkanes) is 4. The highest BCUT2D eigenvalue weighted by molar-refractivity contribution is 6.93. The molecule has 0 aliphatic carbocycles. The van der Waals surface area contributed by atoms with Gasteiger partial charge in [-0.3, -0.25) is 19.2 Å². The molecule has 0 radical (unpaired) electrons. The molecule has 0 amide bonds. The van der Waals surface area contributed by atoms with Gasteiger partial charge in [0, 0.05) is 25.7 Å². The normalized spacial score (nSPS) is 21.6. The fraction of sp³-hybridized carbons (Fsp3) is 0.812. The van der Waals surface area contributed by atoms with E-state index in [-0.39, 0.29) is 23.9 Å². The average Bonchev–Trinajstić information content (AvgIpc) is 3.33. The minimum Gasteiger partial charge on any atom is -0.466 e. The number of carbonyl (C=O) groups is 4. The lowest BCUT2D eigenvalue weighted by Crippen LogP contribution is -2.67. The smallest absolute Gasteiger partial charge is 0.317 e. The Morgan fingerprint density at radius 2 is 0.512 bits per heavy atom. The number of rotatable bonds is 44. The van der Waals surface area contributed by atoms with Crippen LogP contribution in [0.4, 0.5) is 0 Å². The Hall–Kier alpha value is -2.45. The Labute approximate surface area is 494 Å². The van der Waals surface area contributed by atoms with E-state index in [1.54, 1.807) is 0 Å². The number of esters is 4. The third-order valence-electron chi connectivity index (χ3n) is 15.1. The first-order valence-corrected chi connectivity index (χ1v) is 41.7. The standard InChI is InChI=1S/C64H120O12Si4/c1-53(2)29-25-33-57(9)41-45-69-61(65)37-17-21-49-77(13)73-78(14,50-22-18-38-62(66)70-46-42-58(10)34-26-30-54(3)4)75-80(16,52-24-20-40-64(68)72-48-44-60(12)36-28-32-56(7)8)76-79(15,74-77)51-23-19-39-63(67)71-47-43-59(11)35-27-31-55(5)6/h29-32,57-60H,17-28,33-52H2,1-16H3. The van der Waals surface area contributed by atoms with Gasteiger partial charge in [-0.25, -0.2) is 0 Å². The molecule has 1 heterocycles. The lowest BCUT2D eigenvalue weighted by Gasteiger charge is -2.50.